The molecule has 1 atom stereocenters. The fourth-order valence-corrected chi connectivity index (χ4v) is 2.86. The smallest absolute Gasteiger partial charge is 0.245 e. The van der Waals surface area contributed by atoms with E-state index in [4.69, 9.17) is 17.3 Å². The van der Waals surface area contributed by atoms with Gasteiger partial charge < -0.3 is 20.9 Å². The number of hydrogen-bond donors (Lipinski definition) is 2. The van der Waals surface area contributed by atoms with Gasteiger partial charge in [0.15, 0.2) is 0 Å². The van der Waals surface area contributed by atoms with Gasteiger partial charge in [0.1, 0.15) is 6.04 Å². The van der Waals surface area contributed by atoms with Gasteiger partial charge in [0.2, 0.25) is 5.91 Å². The monoisotopic (exact) mass is 310 g/mol. The zero-order valence-electron chi connectivity index (χ0n) is 12.8. The molecule has 2 rings (SSSR count). The molecule has 0 fully saturated rings. The van der Waals surface area contributed by atoms with E-state index in [-0.39, 0.29) is 5.91 Å². The maximum absolute atomic E-state index is 11.6. The van der Waals surface area contributed by atoms with Gasteiger partial charge in [0.25, 0.3) is 0 Å². The number of halogens is 1. The highest BCUT2D eigenvalue weighted by Crippen LogP contribution is 2.38. The number of fused-ring (bicyclic) bond motifs is 1. The van der Waals surface area contributed by atoms with E-state index in [0.717, 1.165) is 43.0 Å². The molecule has 0 saturated carbocycles. The molecule has 116 valence electrons. The number of nitrogens with one attached hydrogen (secondary N) is 1. The average Bonchev–Trinajstić information content (AvgIpc) is 2.70. The first-order valence-electron chi connectivity index (χ1n) is 7.23. The highest BCUT2D eigenvalue weighted by atomic mass is 35.5. The summed E-state index contributed by atoms with van der Waals surface area (Å²) in [6, 6.07) is 3.13. The van der Waals surface area contributed by atoms with Crippen molar-refractivity contribution < 1.29 is 4.79 Å². The normalized spacial score (nSPS) is 17.0. The molecule has 1 aliphatic rings. The summed E-state index contributed by atoms with van der Waals surface area (Å²) in [5.41, 5.74) is 8.34. The Hall–Kier alpha value is -1.30. The average molecular weight is 311 g/mol. The van der Waals surface area contributed by atoms with Gasteiger partial charge in [-0.1, -0.05) is 11.6 Å². The van der Waals surface area contributed by atoms with Crippen LogP contribution in [-0.4, -0.2) is 44.5 Å². The van der Waals surface area contributed by atoms with Crippen LogP contribution in [0.25, 0.3) is 0 Å². The van der Waals surface area contributed by atoms with Crippen molar-refractivity contribution in [2.75, 3.05) is 43.9 Å². The van der Waals surface area contributed by atoms with E-state index >= 15 is 0 Å². The fourth-order valence-electron chi connectivity index (χ4n) is 2.56. The van der Waals surface area contributed by atoms with Gasteiger partial charge in [0.05, 0.1) is 10.7 Å². The minimum atomic E-state index is -0.615. The second kappa shape index (κ2) is 6.64. The summed E-state index contributed by atoms with van der Waals surface area (Å²) in [4.78, 5) is 16.0. The van der Waals surface area contributed by atoms with Crippen molar-refractivity contribution in [3.8, 4) is 0 Å². The van der Waals surface area contributed by atoms with Crippen LogP contribution in [0.4, 0.5) is 11.4 Å². The SMILES string of the molecule is CCN(CCCN(C)C)c1cc2c(cc1Cl)C(N)C(=O)N2. The molecule has 0 aromatic heterocycles. The lowest BCUT2D eigenvalue weighted by atomic mass is 10.1. The molecule has 1 heterocycles. The van der Waals surface area contributed by atoms with Crippen LogP contribution in [0.5, 0.6) is 0 Å². The molecule has 0 saturated heterocycles. The Bertz CT molecular complexity index is 533. The number of rotatable bonds is 6. The molecule has 1 aromatic rings. The maximum Gasteiger partial charge on any atom is 0.245 e. The van der Waals surface area contributed by atoms with Gasteiger partial charge >= 0.3 is 0 Å². The number of benzene rings is 1. The van der Waals surface area contributed by atoms with E-state index < -0.39 is 6.04 Å². The summed E-state index contributed by atoms with van der Waals surface area (Å²) in [7, 11) is 4.13. The molecule has 6 heteroatoms. The number of carbonyl (C=O) groups is 1. The number of anilines is 2. The quantitative estimate of drug-likeness (QED) is 0.844. The Labute approximate surface area is 131 Å². The third-order valence-corrected chi connectivity index (χ3v) is 4.05. The molecule has 5 nitrogen and oxygen atoms in total. The van der Waals surface area contributed by atoms with Crippen molar-refractivity contribution in [3.05, 3.63) is 22.7 Å². The molecule has 21 heavy (non-hydrogen) atoms. The molecule has 0 radical (unpaired) electrons. The summed E-state index contributed by atoms with van der Waals surface area (Å²) in [5, 5.41) is 3.46. The first-order chi connectivity index (χ1) is 9.93. The maximum atomic E-state index is 11.6. The van der Waals surface area contributed by atoms with Crippen LogP contribution in [0.3, 0.4) is 0 Å². The molecule has 1 aliphatic heterocycles. The van der Waals surface area contributed by atoms with E-state index in [1.54, 1.807) is 0 Å². The lowest BCUT2D eigenvalue weighted by Crippen LogP contribution is -2.27. The van der Waals surface area contributed by atoms with Gasteiger partial charge in [-0.3, -0.25) is 4.79 Å². The van der Waals surface area contributed by atoms with E-state index in [2.05, 4.69) is 36.1 Å². The Kier molecular flexibility index (Phi) is 5.08. The van der Waals surface area contributed by atoms with E-state index in [1.807, 2.05) is 12.1 Å². The molecule has 1 aromatic carbocycles. The van der Waals surface area contributed by atoms with Crippen molar-refractivity contribution in [2.24, 2.45) is 5.73 Å². The van der Waals surface area contributed by atoms with Crippen LogP contribution in [0.2, 0.25) is 5.02 Å². The molecule has 0 bridgehead atoms. The highest BCUT2D eigenvalue weighted by molar-refractivity contribution is 6.33. The minimum absolute atomic E-state index is 0.172. The van der Waals surface area contributed by atoms with Crippen LogP contribution in [0.15, 0.2) is 12.1 Å². The number of carbonyl (C=O) groups excluding carboxylic acids is 1. The lowest BCUT2D eigenvalue weighted by molar-refractivity contribution is -0.116. The predicted octanol–water partition coefficient (Wildman–Crippen LogP) is 2.07. The third-order valence-electron chi connectivity index (χ3n) is 3.75. The first-order valence-corrected chi connectivity index (χ1v) is 7.61. The molecule has 1 amide bonds. The Morgan fingerprint density at radius 1 is 1.33 bits per heavy atom. The Balaban J connectivity index is 2.19. The van der Waals surface area contributed by atoms with Gasteiger partial charge in [-0.25, -0.2) is 0 Å². The topological polar surface area (TPSA) is 61.6 Å². The fraction of sp³-hybridized carbons (Fsp3) is 0.533. The molecular formula is C15H23ClN4O. The van der Waals surface area contributed by atoms with Crippen LogP contribution in [-0.2, 0) is 4.79 Å². The van der Waals surface area contributed by atoms with Crippen molar-refractivity contribution in [2.45, 2.75) is 19.4 Å². The van der Waals surface area contributed by atoms with Gasteiger partial charge in [-0.05, 0) is 46.1 Å². The first kappa shape index (κ1) is 16.1. The van der Waals surface area contributed by atoms with Crippen molar-refractivity contribution in [3.63, 3.8) is 0 Å². The second-order valence-electron chi connectivity index (χ2n) is 5.59. The predicted molar refractivity (Wildman–Crippen MR) is 88.1 cm³/mol. The summed E-state index contributed by atoms with van der Waals surface area (Å²) >= 11 is 6.39. The van der Waals surface area contributed by atoms with Crippen LogP contribution in [0.1, 0.15) is 24.9 Å². The number of amides is 1. The Morgan fingerprint density at radius 3 is 2.67 bits per heavy atom. The molecule has 0 aliphatic carbocycles. The van der Waals surface area contributed by atoms with Crippen molar-refractivity contribution >= 4 is 28.9 Å². The molecule has 1 unspecified atom stereocenters. The van der Waals surface area contributed by atoms with Crippen molar-refractivity contribution in [1.29, 1.82) is 0 Å². The van der Waals surface area contributed by atoms with Crippen LogP contribution < -0.4 is 16.0 Å². The van der Waals surface area contributed by atoms with E-state index in [1.165, 1.54) is 0 Å². The zero-order chi connectivity index (χ0) is 15.6. The third kappa shape index (κ3) is 3.48. The van der Waals surface area contributed by atoms with Crippen molar-refractivity contribution in [1.82, 2.24) is 4.90 Å². The standard InChI is InChI=1S/C15H23ClN4O/c1-4-20(7-5-6-19(2)3)13-9-12-10(8-11(13)16)14(17)15(21)18-12/h8-9,14H,4-7,17H2,1-3H3,(H,18,21). The number of hydrogen-bond acceptors (Lipinski definition) is 4. The summed E-state index contributed by atoms with van der Waals surface area (Å²) in [6.07, 6.45) is 1.06. The highest BCUT2D eigenvalue weighted by Gasteiger charge is 2.28. The van der Waals surface area contributed by atoms with E-state index in [9.17, 15) is 4.79 Å². The van der Waals surface area contributed by atoms with Gasteiger partial charge in [-0.15, -0.1) is 0 Å². The lowest BCUT2D eigenvalue weighted by Gasteiger charge is -2.25. The zero-order valence-corrected chi connectivity index (χ0v) is 13.6. The van der Waals surface area contributed by atoms with Crippen LogP contribution >= 0.6 is 11.6 Å². The van der Waals surface area contributed by atoms with Crippen LogP contribution in [0, 0.1) is 0 Å². The summed E-state index contributed by atoms with van der Waals surface area (Å²) in [5.74, 6) is -0.172. The molecule has 0 spiro atoms. The molecular weight excluding hydrogens is 288 g/mol. The summed E-state index contributed by atoms with van der Waals surface area (Å²) in [6.45, 7) is 4.92. The number of nitrogens with zero attached hydrogens (tertiary/aromatic N) is 2. The van der Waals surface area contributed by atoms with Gasteiger partial charge in [0, 0.05) is 24.3 Å². The Morgan fingerprint density at radius 2 is 2.05 bits per heavy atom. The van der Waals surface area contributed by atoms with E-state index in [0.29, 0.717) is 5.02 Å². The molecule has 3 N–H and O–H groups in total. The number of nitrogens with two attached hydrogens (primary N) is 1. The minimum Gasteiger partial charge on any atom is -0.371 e. The summed E-state index contributed by atoms with van der Waals surface area (Å²) < 4.78 is 0. The van der Waals surface area contributed by atoms with Gasteiger partial charge in [-0.2, -0.15) is 0 Å². The largest absolute Gasteiger partial charge is 0.371 e. The second-order valence-corrected chi connectivity index (χ2v) is 6.00.